The van der Waals surface area contributed by atoms with Crippen molar-refractivity contribution in [2.45, 2.75) is 91.0 Å². The highest BCUT2D eigenvalue weighted by atomic mass is 16.6. The van der Waals surface area contributed by atoms with E-state index in [9.17, 15) is 4.79 Å². The number of hydrogen-bond donors (Lipinski definition) is 0. The van der Waals surface area contributed by atoms with Crippen LogP contribution in [0.25, 0.3) is 0 Å². The number of rotatable bonds is 3. The van der Waals surface area contributed by atoms with Crippen LogP contribution in [0.3, 0.4) is 0 Å². The molecule has 3 aliphatic rings. The smallest absolute Gasteiger partial charge is 0.410 e. The minimum Gasteiger partial charge on any atom is -0.487 e. The molecule has 5 heteroatoms. The monoisotopic (exact) mass is 455 g/mol. The van der Waals surface area contributed by atoms with E-state index in [-0.39, 0.29) is 29.1 Å². The van der Waals surface area contributed by atoms with E-state index < -0.39 is 5.60 Å². The van der Waals surface area contributed by atoms with Crippen LogP contribution in [-0.4, -0.2) is 41.9 Å². The number of para-hydroxylation sites is 1. The maximum absolute atomic E-state index is 12.9. The van der Waals surface area contributed by atoms with Gasteiger partial charge in [0.05, 0.1) is 12.7 Å². The van der Waals surface area contributed by atoms with Crippen molar-refractivity contribution < 1.29 is 19.0 Å². The van der Waals surface area contributed by atoms with Crippen molar-refractivity contribution in [1.82, 2.24) is 4.90 Å². The van der Waals surface area contributed by atoms with Crippen molar-refractivity contribution in [1.29, 1.82) is 0 Å². The molecule has 0 bridgehead atoms. The fraction of sp³-hybridized carbons (Fsp3) is 0.679. The van der Waals surface area contributed by atoms with E-state index in [1.165, 1.54) is 5.57 Å². The molecule has 1 aromatic carbocycles. The van der Waals surface area contributed by atoms with Gasteiger partial charge in [-0.3, -0.25) is 0 Å². The summed E-state index contributed by atoms with van der Waals surface area (Å²) in [5, 5.41) is 0. The second-order valence-corrected chi connectivity index (χ2v) is 11.8. The predicted molar refractivity (Wildman–Crippen MR) is 130 cm³/mol. The van der Waals surface area contributed by atoms with E-state index in [0.717, 1.165) is 50.0 Å². The van der Waals surface area contributed by atoms with Crippen LogP contribution in [-0.2, 0) is 9.47 Å². The van der Waals surface area contributed by atoms with Crippen LogP contribution in [0.1, 0.15) is 85.3 Å². The SMILES string of the molecule is CC(C)=CCC[C@]1(C)Oc2ccccc2[C@H]2OC[C@]3(CCCN(C(=O)OC(C)(C)C)C3)C[C@@H]21. The number of hydrogen-bond acceptors (Lipinski definition) is 4. The second kappa shape index (κ2) is 8.98. The fourth-order valence-corrected chi connectivity index (χ4v) is 5.85. The lowest BCUT2D eigenvalue weighted by molar-refractivity contribution is -0.180. The minimum atomic E-state index is -0.486. The largest absolute Gasteiger partial charge is 0.487 e. The molecule has 2 fully saturated rings. The molecule has 5 nitrogen and oxygen atoms in total. The quantitative estimate of drug-likeness (QED) is 0.477. The second-order valence-electron chi connectivity index (χ2n) is 11.8. The molecule has 2 saturated heterocycles. The van der Waals surface area contributed by atoms with Gasteiger partial charge in [-0.25, -0.2) is 4.79 Å². The maximum atomic E-state index is 12.9. The first-order valence-electron chi connectivity index (χ1n) is 12.5. The predicted octanol–water partition coefficient (Wildman–Crippen LogP) is 6.68. The third-order valence-corrected chi connectivity index (χ3v) is 7.45. The van der Waals surface area contributed by atoms with Crippen LogP contribution < -0.4 is 4.74 Å². The van der Waals surface area contributed by atoms with Gasteiger partial charge in [0.2, 0.25) is 0 Å². The minimum absolute atomic E-state index is 0.0363. The summed E-state index contributed by atoms with van der Waals surface area (Å²) >= 11 is 0. The van der Waals surface area contributed by atoms with E-state index in [0.29, 0.717) is 13.2 Å². The summed E-state index contributed by atoms with van der Waals surface area (Å²) in [6.07, 6.45) is 7.11. The topological polar surface area (TPSA) is 48.0 Å². The first-order chi connectivity index (χ1) is 15.5. The zero-order valence-electron chi connectivity index (χ0n) is 21.3. The summed E-state index contributed by atoms with van der Waals surface area (Å²) in [6, 6.07) is 8.33. The molecule has 0 saturated carbocycles. The summed E-state index contributed by atoms with van der Waals surface area (Å²) < 4.78 is 19.1. The molecule has 1 spiro atoms. The lowest BCUT2D eigenvalue weighted by Gasteiger charge is -2.55. The van der Waals surface area contributed by atoms with E-state index >= 15 is 0 Å². The Hall–Kier alpha value is -2.01. The highest BCUT2D eigenvalue weighted by Crippen LogP contribution is 2.56. The van der Waals surface area contributed by atoms with Gasteiger partial charge in [-0.15, -0.1) is 0 Å². The van der Waals surface area contributed by atoms with Crippen molar-refractivity contribution in [3.05, 3.63) is 41.5 Å². The Balaban J connectivity index is 1.59. The molecule has 3 aliphatic heterocycles. The van der Waals surface area contributed by atoms with Gasteiger partial charge in [0, 0.05) is 30.0 Å². The Bertz CT molecular complexity index is 899. The number of benzene rings is 1. The Labute approximate surface area is 199 Å². The summed E-state index contributed by atoms with van der Waals surface area (Å²) in [5.41, 5.74) is 1.65. The van der Waals surface area contributed by atoms with E-state index in [1.807, 2.05) is 31.7 Å². The van der Waals surface area contributed by atoms with E-state index in [1.54, 1.807) is 0 Å². The number of likely N-dealkylation sites (tertiary alicyclic amines) is 1. The van der Waals surface area contributed by atoms with Crippen LogP contribution in [0.15, 0.2) is 35.9 Å². The number of amides is 1. The number of carbonyl (C=O) groups is 1. The molecule has 33 heavy (non-hydrogen) atoms. The Morgan fingerprint density at radius 1 is 1.27 bits per heavy atom. The summed E-state index contributed by atoms with van der Waals surface area (Å²) in [5.74, 6) is 1.19. The fourth-order valence-electron chi connectivity index (χ4n) is 5.85. The number of carbonyl (C=O) groups excluding carboxylic acids is 1. The zero-order chi connectivity index (χ0) is 23.9. The molecule has 182 valence electrons. The third-order valence-electron chi connectivity index (χ3n) is 7.45. The van der Waals surface area contributed by atoms with Gasteiger partial charge in [-0.1, -0.05) is 29.8 Å². The first-order valence-corrected chi connectivity index (χ1v) is 12.5. The van der Waals surface area contributed by atoms with Crippen molar-refractivity contribution in [3.63, 3.8) is 0 Å². The van der Waals surface area contributed by atoms with Gasteiger partial charge in [0.25, 0.3) is 0 Å². The van der Waals surface area contributed by atoms with Crippen LogP contribution in [0.4, 0.5) is 4.79 Å². The summed E-state index contributed by atoms with van der Waals surface area (Å²) in [7, 11) is 0. The molecule has 0 N–H and O–H groups in total. The normalized spacial score (nSPS) is 31.3. The van der Waals surface area contributed by atoms with Gasteiger partial charge in [0.1, 0.15) is 17.0 Å². The highest BCUT2D eigenvalue weighted by molar-refractivity contribution is 5.68. The Kier molecular flexibility index (Phi) is 6.56. The molecular formula is C28H41NO4. The molecule has 0 unspecified atom stereocenters. The molecule has 1 aromatic rings. The van der Waals surface area contributed by atoms with Crippen LogP contribution >= 0.6 is 0 Å². The van der Waals surface area contributed by atoms with Gasteiger partial charge in [-0.2, -0.15) is 0 Å². The Morgan fingerprint density at radius 2 is 2.03 bits per heavy atom. The maximum Gasteiger partial charge on any atom is 0.410 e. The average Bonchev–Trinajstić information content (AvgIpc) is 2.73. The molecule has 0 aliphatic carbocycles. The van der Waals surface area contributed by atoms with Crippen molar-refractivity contribution >= 4 is 6.09 Å². The highest BCUT2D eigenvalue weighted by Gasteiger charge is 2.54. The molecule has 4 rings (SSSR count). The lowest BCUT2D eigenvalue weighted by Crippen LogP contribution is -2.57. The molecular weight excluding hydrogens is 414 g/mol. The third kappa shape index (κ3) is 5.24. The zero-order valence-corrected chi connectivity index (χ0v) is 21.3. The van der Waals surface area contributed by atoms with Crippen molar-refractivity contribution in [2.75, 3.05) is 19.7 Å². The van der Waals surface area contributed by atoms with Crippen LogP contribution in [0, 0.1) is 11.3 Å². The number of piperidine rings is 1. The van der Waals surface area contributed by atoms with Crippen LogP contribution in [0.5, 0.6) is 5.75 Å². The van der Waals surface area contributed by atoms with Gasteiger partial charge < -0.3 is 19.1 Å². The van der Waals surface area contributed by atoms with E-state index in [2.05, 4.69) is 45.0 Å². The van der Waals surface area contributed by atoms with Crippen molar-refractivity contribution in [3.8, 4) is 5.75 Å². The Morgan fingerprint density at radius 3 is 2.76 bits per heavy atom. The van der Waals surface area contributed by atoms with Gasteiger partial charge >= 0.3 is 6.09 Å². The lowest BCUT2D eigenvalue weighted by atomic mass is 9.64. The van der Waals surface area contributed by atoms with Gasteiger partial charge in [-0.05, 0) is 79.7 Å². The average molecular weight is 456 g/mol. The standard InChI is InChI=1S/C28H41NO4/c1-20(2)11-9-14-27(6)22-17-28(15-10-16-29(18-28)25(30)33-26(3,4)5)19-31-24(22)21-12-7-8-13-23(21)32-27/h7-8,11-13,22,24H,9-10,14-19H2,1-6H3/t22-,24+,27-,28+/m0/s1. The van der Waals surface area contributed by atoms with Crippen LogP contribution in [0.2, 0.25) is 0 Å². The number of ether oxygens (including phenoxy) is 3. The molecule has 4 atom stereocenters. The number of nitrogens with zero attached hydrogens (tertiary/aromatic N) is 1. The summed E-state index contributed by atoms with van der Waals surface area (Å²) in [6.45, 7) is 14.4. The molecule has 0 aromatic heterocycles. The van der Waals surface area contributed by atoms with Gasteiger partial charge in [0.15, 0.2) is 0 Å². The van der Waals surface area contributed by atoms with E-state index in [4.69, 9.17) is 14.2 Å². The number of fused-ring (bicyclic) bond motifs is 3. The first kappa shape index (κ1) is 24.1. The summed E-state index contributed by atoms with van der Waals surface area (Å²) in [4.78, 5) is 14.7. The van der Waals surface area contributed by atoms with Crippen molar-refractivity contribution in [2.24, 2.45) is 11.3 Å². The molecule has 3 heterocycles. The molecule has 1 amide bonds. The number of allylic oxidation sites excluding steroid dienone is 2. The molecule has 0 radical (unpaired) electrons.